The van der Waals surface area contributed by atoms with Crippen molar-refractivity contribution in [1.82, 2.24) is 5.32 Å². The van der Waals surface area contributed by atoms with Gasteiger partial charge in [0, 0.05) is 16.6 Å². The number of aliphatic carboxylic acids is 1. The molecule has 0 spiro atoms. The minimum absolute atomic E-state index is 0.485. The molecule has 0 saturated carbocycles. The molecule has 0 aliphatic heterocycles. The number of halogens is 2. The van der Waals surface area contributed by atoms with Crippen LogP contribution in [0.2, 0.25) is 10.0 Å². The van der Waals surface area contributed by atoms with Crippen LogP contribution < -0.4 is 5.32 Å². The number of nitrogens with one attached hydrogen (secondary N) is 1. The van der Waals surface area contributed by atoms with Gasteiger partial charge in [0.1, 0.15) is 6.04 Å². The molecule has 18 heavy (non-hydrogen) atoms. The second-order valence-electron chi connectivity index (χ2n) is 4.12. The molecule has 1 aromatic rings. The van der Waals surface area contributed by atoms with E-state index in [1.165, 1.54) is 0 Å². The lowest BCUT2D eigenvalue weighted by Gasteiger charge is -2.13. The van der Waals surface area contributed by atoms with Gasteiger partial charge in [0.2, 0.25) is 0 Å². The summed E-state index contributed by atoms with van der Waals surface area (Å²) < 4.78 is 0. The third-order valence-electron chi connectivity index (χ3n) is 2.68. The van der Waals surface area contributed by atoms with Crippen LogP contribution in [0.5, 0.6) is 0 Å². The van der Waals surface area contributed by atoms with Gasteiger partial charge in [0.25, 0.3) is 0 Å². The second-order valence-corrected chi connectivity index (χ2v) is 4.96. The smallest absolute Gasteiger partial charge is 0.320 e. The molecule has 0 radical (unpaired) electrons. The van der Waals surface area contributed by atoms with Gasteiger partial charge in [-0.05, 0) is 30.5 Å². The summed E-state index contributed by atoms with van der Waals surface area (Å²) in [5, 5.41) is 13.2. The van der Waals surface area contributed by atoms with Crippen molar-refractivity contribution < 1.29 is 9.90 Å². The van der Waals surface area contributed by atoms with Crippen LogP contribution in [0.25, 0.3) is 0 Å². The third-order valence-corrected chi connectivity index (χ3v) is 3.26. The van der Waals surface area contributed by atoms with E-state index in [0.29, 0.717) is 29.4 Å². The molecule has 0 amide bonds. The number of carboxylic acid groups (broad SMARTS) is 1. The maximum Gasteiger partial charge on any atom is 0.320 e. The largest absolute Gasteiger partial charge is 0.480 e. The van der Waals surface area contributed by atoms with E-state index in [9.17, 15) is 4.79 Å². The highest BCUT2D eigenvalue weighted by molar-refractivity contribution is 6.35. The van der Waals surface area contributed by atoms with Gasteiger partial charge in [-0.1, -0.05) is 42.6 Å². The first-order valence-electron chi connectivity index (χ1n) is 5.94. The van der Waals surface area contributed by atoms with Crippen molar-refractivity contribution in [3.8, 4) is 0 Å². The van der Waals surface area contributed by atoms with Crippen LogP contribution >= 0.6 is 23.2 Å². The van der Waals surface area contributed by atoms with E-state index in [0.717, 1.165) is 12.0 Å². The molecule has 3 nitrogen and oxygen atoms in total. The average molecular weight is 290 g/mol. The zero-order valence-electron chi connectivity index (χ0n) is 10.2. The molecule has 100 valence electrons. The van der Waals surface area contributed by atoms with Gasteiger partial charge in [0.15, 0.2) is 0 Å². The maximum absolute atomic E-state index is 10.9. The Balaban J connectivity index is 2.47. The minimum atomic E-state index is -0.806. The molecule has 0 aromatic heterocycles. The predicted octanol–water partition coefficient (Wildman–Crippen LogP) is 3.38. The van der Waals surface area contributed by atoms with Gasteiger partial charge in [-0.2, -0.15) is 0 Å². The van der Waals surface area contributed by atoms with Crippen LogP contribution in [0, 0.1) is 0 Å². The minimum Gasteiger partial charge on any atom is -0.480 e. The van der Waals surface area contributed by atoms with Crippen molar-refractivity contribution in [2.75, 3.05) is 6.54 Å². The molecule has 0 saturated heterocycles. The van der Waals surface area contributed by atoms with Crippen LogP contribution in [0.4, 0.5) is 0 Å². The third kappa shape index (κ3) is 4.84. The van der Waals surface area contributed by atoms with Gasteiger partial charge >= 0.3 is 5.97 Å². The fourth-order valence-corrected chi connectivity index (χ4v) is 2.21. The number of carboxylic acids is 1. The van der Waals surface area contributed by atoms with Crippen molar-refractivity contribution in [2.45, 2.75) is 32.2 Å². The van der Waals surface area contributed by atoms with Gasteiger partial charge in [-0.3, -0.25) is 4.79 Å². The lowest BCUT2D eigenvalue weighted by atomic mass is 10.1. The quantitative estimate of drug-likeness (QED) is 0.809. The Kier molecular flexibility index (Phi) is 6.47. The van der Waals surface area contributed by atoms with E-state index in [-0.39, 0.29) is 0 Å². The van der Waals surface area contributed by atoms with E-state index in [1.807, 2.05) is 13.0 Å². The van der Waals surface area contributed by atoms with Crippen molar-refractivity contribution in [1.29, 1.82) is 0 Å². The van der Waals surface area contributed by atoms with Gasteiger partial charge in [-0.15, -0.1) is 0 Å². The van der Waals surface area contributed by atoms with Crippen molar-refractivity contribution in [2.24, 2.45) is 0 Å². The fourth-order valence-electron chi connectivity index (χ4n) is 1.71. The van der Waals surface area contributed by atoms with Crippen LogP contribution in [0.15, 0.2) is 18.2 Å². The van der Waals surface area contributed by atoms with Crippen LogP contribution in [0.3, 0.4) is 0 Å². The summed E-state index contributed by atoms with van der Waals surface area (Å²) in [6.07, 6.45) is 2.15. The zero-order valence-corrected chi connectivity index (χ0v) is 11.8. The molecule has 1 unspecified atom stereocenters. The Bertz CT molecular complexity index is 410. The first-order valence-corrected chi connectivity index (χ1v) is 6.70. The summed E-state index contributed by atoms with van der Waals surface area (Å²) in [6.45, 7) is 2.55. The van der Waals surface area contributed by atoms with E-state index in [1.54, 1.807) is 12.1 Å². The normalized spacial score (nSPS) is 12.4. The predicted molar refractivity (Wildman–Crippen MR) is 74.5 cm³/mol. The van der Waals surface area contributed by atoms with E-state index in [2.05, 4.69) is 5.32 Å². The Labute approximate surface area is 117 Å². The lowest BCUT2D eigenvalue weighted by molar-refractivity contribution is -0.139. The molecule has 0 bridgehead atoms. The molecule has 5 heteroatoms. The first kappa shape index (κ1) is 15.3. The number of benzene rings is 1. The van der Waals surface area contributed by atoms with Gasteiger partial charge in [-0.25, -0.2) is 0 Å². The molecule has 0 fully saturated rings. The number of hydrogen-bond donors (Lipinski definition) is 2. The molecule has 0 aliphatic rings. The molecule has 0 aliphatic carbocycles. The van der Waals surface area contributed by atoms with Crippen LogP contribution in [0.1, 0.15) is 25.3 Å². The first-order chi connectivity index (χ1) is 8.54. The number of rotatable bonds is 7. The summed E-state index contributed by atoms with van der Waals surface area (Å²) in [7, 11) is 0. The molecule has 0 heterocycles. The van der Waals surface area contributed by atoms with E-state index >= 15 is 0 Å². The highest BCUT2D eigenvalue weighted by Gasteiger charge is 2.14. The Hall–Kier alpha value is -0.770. The molecular weight excluding hydrogens is 273 g/mol. The zero-order chi connectivity index (χ0) is 13.5. The fraction of sp³-hybridized carbons (Fsp3) is 0.462. The molecule has 1 aromatic carbocycles. The average Bonchev–Trinajstić information content (AvgIpc) is 2.30. The summed E-state index contributed by atoms with van der Waals surface area (Å²) in [5.41, 5.74) is 0.967. The number of carbonyl (C=O) groups is 1. The van der Waals surface area contributed by atoms with Gasteiger partial charge < -0.3 is 10.4 Å². The van der Waals surface area contributed by atoms with E-state index in [4.69, 9.17) is 28.3 Å². The Morgan fingerprint density at radius 2 is 2.17 bits per heavy atom. The SMILES string of the molecule is CCCC(NCCc1ccc(Cl)cc1Cl)C(=O)O. The molecule has 1 rings (SSSR count). The monoisotopic (exact) mass is 289 g/mol. The van der Waals surface area contributed by atoms with E-state index < -0.39 is 12.0 Å². The highest BCUT2D eigenvalue weighted by atomic mass is 35.5. The standard InChI is InChI=1S/C13H17Cl2NO2/c1-2-3-12(13(17)18)16-7-6-9-4-5-10(14)8-11(9)15/h4-5,8,12,16H,2-3,6-7H2,1H3,(H,17,18). The lowest BCUT2D eigenvalue weighted by Crippen LogP contribution is -2.37. The summed E-state index contributed by atoms with van der Waals surface area (Å²) in [6, 6.07) is 4.85. The summed E-state index contributed by atoms with van der Waals surface area (Å²) >= 11 is 11.8. The maximum atomic E-state index is 10.9. The van der Waals surface area contributed by atoms with Crippen molar-refractivity contribution in [3.63, 3.8) is 0 Å². The summed E-state index contributed by atoms with van der Waals surface area (Å²) in [5.74, 6) is -0.806. The van der Waals surface area contributed by atoms with Crippen LogP contribution in [-0.2, 0) is 11.2 Å². The topological polar surface area (TPSA) is 49.3 Å². The Morgan fingerprint density at radius 1 is 1.44 bits per heavy atom. The van der Waals surface area contributed by atoms with Crippen LogP contribution in [-0.4, -0.2) is 23.7 Å². The highest BCUT2D eigenvalue weighted by Crippen LogP contribution is 2.21. The Morgan fingerprint density at radius 3 is 2.72 bits per heavy atom. The second kappa shape index (κ2) is 7.62. The van der Waals surface area contributed by atoms with Crippen molar-refractivity contribution >= 4 is 29.2 Å². The molecule has 2 N–H and O–H groups in total. The molecular formula is C13H17Cl2NO2. The van der Waals surface area contributed by atoms with Gasteiger partial charge in [0.05, 0.1) is 0 Å². The molecule has 1 atom stereocenters. The van der Waals surface area contributed by atoms with Crippen molar-refractivity contribution in [3.05, 3.63) is 33.8 Å². The number of hydrogen-bond acceptors (Lipinski definition) is 2. The summed E-state index contributed by atoms with van der Waals surface area (Å²) in [4.78, 5) is 10.9.